The van der Waals surface area contributed by atoms with E-state index in [9.17, 15) is 0 Å². The van der Waals surface area contributed by atoms with E-state index in [0.29, 0.717) is 31.3 Å². The molecule has 0 amide bonds. The van der Waals surface area contributed by atoms with Gasteiger partial charge in [0.1, 0.15) is 11.5 Å². The maximum Gasteiger partial charge on any atom is 0.145 e. The van der Waals surface area contributed by atoms with E-state index in [1.807, 2.05) is 19.9 Å². The summed E-state index contributed by atoms with van der Waals surface area (Å²) < 4.78 is 10.7. The summed E-state index contributed by atoms with van der Waals surface area (Å²) >= 11 is 0. The molecule has 0 saturated heterocycles. The summed E-state index contributed by atoms with van der Waals surface area (Å²) in [5, 5.41) is 0. The predicted octanol–water partition coefficient (Wildman–Crippen LogP) is 1.34. The minimum atomic E-state index is 0.377. The Kier molecular flexibility index (Phi) is 4.19. The summed E-state index contributed by atoms with van der Waals surface area (Å²) in [6, 6.07) is 1.82. The number of nitrogens with two attached hydrogens (primary N) is 1. The van der Waals surface area contributed by atoms with E-state index >= 15 is 0 Å². The van der Waals surface area contributed by atoms with Gasteiger partial charge in [-0.15, -0.1) is 0 Å². The Balaban J connectivity index is 2.88. The second kappa shape index (κ2) is 5.44. The number of hydrogen-bond donors (Lipinski definition) is 1. The van der Waals surface area contributed by atoms with Gasteiger partial charge in [-0.1, -0.05) is 0 Å². The summed E-state index contributed by atoms with van der Waals surface area (Å²) in [4.78, 5) is 4.16. The van der Waals surface area contributed by atoms with Gasteiger partial charge in [0.2, 0.25) is 0 Å². The molecular formula is C10H16N2O2. The fraction of sp³-hybridized carbons (Fsp3) is 0.500. The SMILES string of the molecule is CCOc1cnc(CN)c(OCC)c1. The van der Waals surface area contributed by atoms with Crippen LogP contribution in [0.4, 0.5) is 0 Å². The van der Waals surface area contributed by atoms with Crippen LogP contribution in [0, 0.1) is 0 Å². The molecule has 0 radical (unpaired) electrons. The van der Waals surface area contributed by atoms with Crippen molar-refractivity contribution in [2.24, 2.45) is 5.73 Å². The molecule has 1 aromatic rings. The quantitative estimate of drug-likeness (QED) is 0.772. The van der Waals surface area contributed by atoms with Gasteiger partial charge in [-0.05, 0) is 13.8 Å². The van der Waals surface area contributed by atoms with Gasteiger partial charge in [0.05, 0.1) is 25.1 Å². The Hall–Kier alpha value is -1.29. The van der Waals surface area contributed by atoms with Crippen molar-refractivity contribution in [2.75, 3.05) is 13.2 Å². The van der Waals surface area contributed by atoms with Crippen LogP contribution in [0.3, 0.4) is 0 Å². The van der Waals surface area contributed by atoms with Crippen molar-refractivity contribution < 1.29 is 9.47 Å². The first-order valence-corrected chi connectivity index (χ1v) is 4.76. The van der Waals surface area contributed by atoms with E-state index in [4.69, 9.17) is 15.2 Å². The molecule has 0 aliphatic heterocycles. The average Bonchev–Trinajstić information content (AvgIpc) is 2.19. The van der Waals surface area contributed by atoms with Gasteiger partial charge in [0, 0.05) is 12.6 Å². The first-order chi connectivity index (χ1) is 6.81. The predicted molar refractivity (Wildman–Crippen MR) is 54.5 cm³/mol. The lowest BCUT2D eigenvalue weighted by Crippen LogP contribution is -2.05. The molecule has 0 aromatic carbocycles. The lowest BCUT2D eigenvalue weighted by molar-refractivity contribution is 0.317. The molecule has 4 nitrogen and oxygen atoms in total. The Bertz CT molecular complexity index is 289. The second-order valence-corrected chi connectivity index (χ2v) is 2.69. The van der Waals surface area contributed by atoms with Crippen LogP contribution in [-0.4, -0.2) is 18.2 Å². The van der Waals surface area contributed by atoms with E-state index in [-0.39, 0.29) is 0 Å². The standard InChI is InChI=1S/C10H16N2O2/c1-3-13-8-5-10(14-4-2)9(6-11)12-7-8/h5,7H,3-4,6,11H2,1-2H3. The van der Waals surface area contributed by atoms with Crippen molar-refractivity contribution in [3.63, 3.8) is 0 Å². The number of aromatic nitrogens is 1. The van der Waals surface area contributed by atoms with E-state index in [2.05, 4.69) is 4.98 Å². The lowest BCUT2D eigenvalue weighted by atomic mass is 10.3. The molecule has 0 unspecified atom stereocenters. The lowest BCUT2D eigenvalue weighted by Gasteiger charge is -2.09. The zero-order valence-electron chi connectivity index (χ0n) is 8.62. The van der Waals surface area contributed by atoms with Crippen LogP contribution in [0.25, 0.3) is 0 Å². The summed E-state index contributed by atoms with van der Waals surface area (Å²) in [6.45, 7) is 5.45. The number of pyridine rings is 1. The first kappa shape index (κ1) is 10.8. The van der Waals surface area contributed by atoms with Gasteiger partial charge in [0.25, 0.3) is 0 Å². The highest BCUT2D eigenvalue weighted by atomic mass is 16.5. The summed E-state index contributed by atoms with van der Waals surface area (Å²) in [7, 11) is 0. The zero-order valence-corrected chi connectivity index (χ0v) is 8.62. The van der Waals surface area contributed by atoms with Gasteiger partial charge in [-0.3, -0.25) is 4.98 Å². The normalized spacial score (nSPS) is 9.93. The Morgan fingerprint density at radius 1 is 1.29 bits per heavy atom. The molecule has 14 heavy (non-hydrogen) atoms. The van der Waals surface area contributed by atoms with Gasteiger partial charge in [0.15, 0.2) is 0 Å². The minimum absolute atomic E-state index is 0.377. The second-order valence-electron chi connectivity index (χ2n) is 2.69. The molecular weight excluding hydrogens is 180 g/mol. The largest absolute Gasteiger partial charge is 0.492 e. The minimum Gasteiger partial charge on any atom is -0.492 e. The van der Waals surface area contributed by atoms with Crippen LogP contribution in [0.15, 0.2) is 12.3 Å². The van der Waals surface area contributed by atoms with Crippen molar-refractivity contribution in [1.82, 2.24) is 4.98 Å². The molecule has 1 heterocycles. The van der Waals surface area contributed by atoms with Crippen LogP contribution in [-0.2, 0) is 6.54 Å². The molecule has 2 N–H and O–H groups in total. The maximum absolute atomic E-state index is 5.52. The Labute approximate surface area is 84.0 Å². The van der Waals surface area contributed by atoms with Crippen LogP contribution >= 0.6 is 0 Å². The summed E-state index contributed by atoms with van der Waals surface area (Å²) in [5.41, 5.74) is 6.28. The van der Waals surface area contributed by atoms with Gasteiger partial charge < -0.3 is 15.2 Å². The summed E-state index contributed by atoms with van der Waals surface area (Å²) in [5.74, 6) is 1.43. The fourth-order valence-electron chi connectivity index (χ4n) is 1.13. The molecule has 0 bridgehead atoms. The highest BCUT2D eigenvalue weighted by Crippen LogP contribution is 2.22. The van der Waals surface area contributed by atoms with Crippen molar-refractivity contribution in [1.29, 1.82) is 0 Å². The zero-order chi connectivity index (χ0) is 10.4. The molecule has 0 saturated carbocycles. The molecule has 78 valence electrons. The molecule has 0 spiro atoms. The molecule has 1 rings (SSSR count). The number of rotatable bonds is 5. The molecule has 0 fully saturated rings. The fourth-order valence-corrected chi connectivity index (χ4v) is 1.13. The van der Waals surface area contributed by atoms with Crippen molar-refractivity contribution in [2.45, 2.75) is 20.4 Å². The molecule has 0 atom stereocenters. The van der Waals surface area contributed by atoms with E-state index in [1.54, 1.807) is 6.20 Å². The highest BCUT2D eigenvalue weighted by molar-refractivity contribution is 5.34. The third kappa shape index (κ3) is 2.60. The topological polar surface area (TPSA) is 57.4 Å². The van der Waals surface area contributed by atoms with Crippen LogP contribution in [0.5, 0.6) is 11.5 Å². The smallest absolute Gasteiger partial charge is 0.145 e. The van der Waals surface area contributed by atoms with E-state index < -0.39 is 0 Å². The Morgan fingerprint density at radius 3 is 2.57 bits per heavy atom. The monoisotopic (exact) mass is 196 g/mol. The van der Waals surface area contributed by atoms with Crippen LogP contribution in [0.2, 0.25) is 0 Å². The van der Waals surface area contributed by atoms with Gasteiger partial charge >= 0.3 is 0 Å². The van der Waals surface area contributed by atoms with Gasteiger partial charge in [-0.2, -0.15) is 0 Å². The molecule has 4 heteroatoms. The number of hydrogen-bond acceptors (Lipinski definition) is 4. The Morgan fingerprint density at radius 2 is 2.00 bits per heavy atom. The van der Waals surface area contributed by atoms with Crippen molar-refractivity contribution in [3.05, 3.63) is 18.0 Å². The van der Waals surface area contributed by atoms with Crippen molar-refractivity contribution >= 4 is 0 Å². The van der Waals surface area contributed by atoms with Gasteiger partial charge in [-0.25, -0.2) is 0 Å². The number of ether oxygens (including phenoxy) is 2. The van der Waals surface area contributed by atoms with Crippen molar-refractivity contribution in [3.8, 4) is 11.5 Å². The summed E-state index contributed by atoms with van der Waals surface area (Å²) in [6.07, 6.45) is 1.66. The number of nitrogens with zero attached hydrogens (tertiary/aromatic N) is 1. The highest BCUT2D eigenvalue weighted by Gasteiger charge is 2.05. The molecule has 1 aromatic heterocycles. The molecule has 0 aliphatic carbocycles. The van der Waals surface area contributed by atoms with E-state index in [0.717, 1.165) is 5.69 Å². The third-order valence-electron chi connectivity index (χ3n) is 1.71. The van der Waals surface area contributed by atoms with Crippen LogP contribution in [0.1, 0.15) is 19.5 Å². The molecule has 0 aliphatic rings. The third-order valence-corrected chi connectivity index (χ3v) is 1.71. The van der Waals surface area contributed by atoms with E-state index in [1.165, 1.54) is 0 Å². The first-order valence-electron chi connectivity index (χ1n) is 4.76. The maximum atomic E-state index is 5.52. The van der Waals surface area contributed by atoms with Crippen LogP contribution < -0.4 is 15.2 Å². The average molecular weight is 196 g/mol.